The number of benzene rings is 1. The van der Waals surface area contributed by atoms with Crippen molar-refractivity contribution in [2.75, 3.05) is 0 Å². The van der Waals surface area contributed by atoms with Gasteiger partial charge in [-0.05, 0) is 73.9 Å². The third-order valence-electron chi connectivity index (χ3n) is 10.1. The van der Waals surface area contributed by atoms with E-state index < -0.39 is 16.6 Å². The minimum Gasteiger partial charge on any atom is -0.462 e. The second-order valence-corrected chi connectivity index (χ2v) is 24.9. The summed E-state index contributed by atoms with van der Waals surface area (Å²) in [6, 6.07) is 10.7. The highest BCUT2D eigenvalue weighted by Gasteiger charge is 2.48. The number of aryl methyl sites for hydroxylation is 1. The lowest BCUT2D eigenvalue weighted by atomic mass is 9.89. The van der Waals surface area contributed by atoms with E-state index >= 15 is 0 Å². The molecular formula is C35H58O4Si2. The molecule has 1 fully saturated rings. The van der Waals surface area contributed by atoms with Crippen LogP contribution in [0.1, 0.15) is 85.6 Å². The summed E-state index contributed by atoms with van der Waals surface area (Å²) in [5.41, 5.74) is 1.34. The number of carbonyl (C=O) groups excluding carboxylic acids is 1. The Morgan fingerprint density at radius 1 is 0.976 bits per heavy atom. The van der Waals surface area contributed by atoms with Crippen molar-refractivity contribution in [3.63, 3.8) is 0 Å². The molecular weight excluding hydrogens is 541 g/mol. The zero-order valence-corrected chi connectivity index (χ0v) is 29.7. The minimum atomic E-state index is -2.03. The van der Waals surface area contributed by atoms with Crippen molar-refractivity contribution in [2.45, 2.75) is 141 Å². The van der Waals surface area contributed by atoms with Gasteiger partial charge in [0.05, 0.1) is 12.2 Å². The Hall–Kier alpha value is -1.48. The molecule has 6 heteroatoms. The van der Waals surface area contributed by atoms with Gasteiger partial charge in [0.25, 0.3) is 0 Å². The summed E-state index contributed by atoms with van der Waals surface area (Å²) in [7, 11) is -4.02. The SMILES string of the molecule is CC(C)(C)[Si](C)(C)O[C@H](/C=C/[C@@H]1[C@H]2C/C=C\CCCC(=O)O[C@H]2C[C@H]1O[Si](C)(C)C(C)(C)C)CCc1ccccc1. The van der Waals surface area contributed by atoms with Crippen molar-refractivity contribution >= 4 is 22.6 Å². The molecule has 1 aliphatic heterocycles. The molecule has 0 bridgehead atoms. The molecule has 0 amide bonds. The van der Waals surface area contributed by atoms with Gasteiger partial charge in [-0.15, -0.1) is 0 Å². The van der Waals surface area contributed by atoms with E-state index in [9.17, 15) is 4.79 Å². The molecule has 3 rings (SSSR count). The predicted octanol–water partition coefficient (Wildman–Crippen LogP) is 9.63. The third-order valence-corrected chi connectivity index (χ3v) is 19.1. The molecule has 5 atom stereocenters. The quantitative estimate of drug-likeness (QED) is 0.161. The largest absolute Gasteiger partial charge is 0.462 e. The first kappa shape index (κ1) is 34.0. The minimum absolute atomic E-state index is 0.0290. The molecule has 1 aliphatic carbocycles. The fourth-order valence-corrected chi connectivity index (χ4v) is 8.07. The zero-order valence-electron chi connectivity index (χ0n) is 27.7. The molecule has 0 spiro atoms. The average molecular weight is 599 g/mol. The molecule has 41 heavy (non-hydrogen) atoms. The summed E-state index contributed by atoms with van der Waals surface area (Å²) in [5.74, 6) is 0.322. The van der Waals surface area contributed by atoms with Crippen LogP contribution in [0.2, 0.25) is 36.3 Å². The predicted molar refractivity (Wildman–Crippen MR) is 177 cm³/mol. The van der Waals surface area contributed by atoms with Crippen LogP contribution in [-0.4, -0.2) is 40.9 Å². The van der Waals surface area contributed by atoms with Gasteiger partial charge in [-0.2, -0.15) is 0 Å². The number of ether oxygens (including phenoxy) is 1. The monoisotopic (exact) mass is 598 g/mol. The van der Waals surface area contributed by atoms with Crippen molar-refractivity contribution < 1.29 is 18.4 Å². The lowest BCUT2D eigenvalue weighted by Gasteiger charge is -2.40. The maximum absolute atomic E-state index is 12.7. The summed E-state index contributed by atoms with van der Waals surface area (Å²) in [6.45, 7) is 23.2. The number of allylic oxidation sites excluding steroid dienone is 2. The molecule has 230 valence electrons. The normalized spacial score (nSPS) is 26.4. The summed E-state index contributed by atoms with van der Waals surface area (Å²) >= 11 is 0. The Morgan fingerprint density at radius 3 is 2.27 bits per heavy atom. The molecule has 0 N–H and O–H groups in total. The Kier molecular flexibility index (Phi) is 11.5. The Labute approximate surface area is 253 Å². The van der Waals surface area contributed by atoms with Gasteiger partial charge in [0.1, 0.15) is 6.10 Å². The van der Waals surface area contributed by atoms with E-state index in [1.165, 1.54) is 5.56 Å². The zero-order chi connectivity index (χ0) is 30.5. The second-order valence-electron chi connectivity index (χ2n) is 15.3. The molecule has 0 saturated heterocycles. The third kappa shape index (κ3) is 9.51. The highest BCUT2D eigenvalue weighted by molar-refractivity contribution is 6.74. The van der Waals surface area contributed by atoms with Crippen LogP contribution >= 0.6 is 0 Å². The van der Waals surface area contributed by atoms with Crippen LogP contribution in [-0.2, 0) is 24.8 Å². The number of fused-ring (bicyclic) bond motifs is 1. The van der Waals surface area contributed by atoms with Crippen LogP contribution in [0.3, 0.4) is 0 Å². The molecule has 0 unspecified atom stereocenters. The fourth-order valence-electron chi connectivity index (χ4n) is 5.40. The molecule has 1 aromatic carbocycles. The summed E-state index contributed by atoms with van der Waals surface area (Å²) in [5, 5.41) is 0.242. The number of hydrogen-bond donors (Lipinski definition) is 0. The molecule has 0 aromatic heterocycles. The Balaban J connectivity index is 1.94. The van der Waals surface area contributed by atoms with E-state index in [0.717, 1.165) is 38.5 Å². The van der Waals surface area contributed by atoms with E-state index in [-0.39, 0.29) is 46.2 Å². The van der Waals surface area contributed by atoms with Crippen LogP contribution < -0.4 is 0 Å². The molecule has 1 saturated carbocycles. The molecule has 1 aromatic rings. The van der Waals surface area contributed by atoms with Gasteiger partial charge in [-0.1, -0.05) is 96.2 Å². The standard InChI is InChI=1S/C35H58O4Si2/c1-34(2,3)40(7,8)38-28(23-22-27-18-14-13-15-19-27)24-25-30-29-20-16-11-12-17-21-33(36)37-31(29)26-32(30)39-41(9,10)35(4,5)6/h11,13-16,18-19,24-25,28-32H,12,17,20-23,26H2,1-10H3/b16-11-,25-24+/t28-,29+,30+,31-,32+/m0/s1. The van der Waals surface area contributed by atoms with E-state index in [2.05, 4.69) is 122 Å². The molecule has 1 heterocycles. The molecule has 0 radical (unpaired) electrons. The van der Waals surface area contributed by atoms with Crippen molar-refractivity contribution in [3.05, 3.63) is 60.2 Å². The highest BCUT2D eigenvalue weighted by Crippen LogP contribution is 2.46. The fraction of sp³-hybridized carbons (Fsp3) is 0.686. The van der Waals surface area contributed by atoms with E-state index in [1.54, 1.807) is 0 Å². The molecule has 2 aliphatic rings. The maximum atomic E-state index is 12.7. The van der Waals surface area contributed by atoms with Gasteiger partial charge in [-0.25, -0.2) is 0 Å². The summed E-state index contributed by atoms with van der Waals surface area (Å²) in [4.78, 5) is 12.7. The van der Waals surface area contributed by atoms with Crippen molar-refractivity contribution in [2.24, 2.45) is 11.8 Å². The van der Waals surface area contributed by atoms with Crippen LogP contribution in [0.5, 0.6) is 0 Å². The summed E-state index contributed by atoms with van der Waals surface area (Å²) in [6.07, 6.45) is 15.1. The van der Waals surface area contributed by atoms with Gasteiger partial charge in [-0.3, -0.25) is 4.79 Å². The van der Waals surface area contributed by atoms with Gasteiger partial charge < -0.3 is 13.6 Å². The first-order chi connectivity index (χ1) is 19.0. The van der Waals surface area contributed by atoms with Gasteiger partial charge in [0.15, 0.2) is 16.6 Å². The van der Waals surface area contributed by atoms with Gasteiger partial charge in [0.2, 0.25) is 0 Å². The lowest BCUT2D eigenvalue weighted by Crippen LogP contribution is -2.45. The first-order valence-electron chi connectivity index (χ1n) is 15.9. The Morgan fingerprint density at radius 2 is 1.63 bits per heavy atom. The second kappa shape index (κ2) is 13.9. The van der Waals surface area contributed by atoms with Crippen LogP contribution in [0, 0.1) is 11.8 Å². The van der Waals surface area contributed by atoms with Crippen molar-refractivity contribution in [1.82, 2.24) is 0 Å². The topological polar surface area (TPSA) is 44.8 Å². The van der Waals surface area contributed by atoms with Gasteiger partial charge in [0, 0.05) is 24.7 Å². The highest BCUT2D eigenvalue weighted by atomic mass is 28.4. The van der Waals surface area contributed by atoms with Crippen LogP contribution in [0.25, 0.3) is 0 Å². The van der Waals surface area contributed by atoms with Crippen molar-refractivity contribution in [3.8, 4) is 0 Å². The van der Waals surface area contributed by atoms with Crippen molar-refractivity contribution in [1.29, 1.82) is 0 Å². The van der Waals surface area contributed by atoms with Crippen LogP contribution in [0.4, 0.5) is 0 Å². The average Bonchev–Trinajstić information content (AvgIpc) is 3.16. The van der Waals surface area contributed by atoms with E-state index in [4.69, 9.17) is 13.6 Å². The van der Waals surface area contributed by atoms with Crippen LogP contribution in [0.15, 0.2) is 54.6 Å². The van der Waals surface area contributed by atoms with Gasteiger partial charge >= 0.3 is 5.97 Å². The van der Waals surface area contributed by atoms with E-state index in [1.807, 2.05) is 0 Å². The summed E-state index contributed by atoms with van der Waals surface area (Å²) < 4.78 is 20.3. The number of rotatable bonds is 9. The smallest absolute Gasteiger partial charge is 0.306 e. The first-order valence-corrected chi connectivity index (χ1v) is 21.7. The number of hydrogen-bond acceptors (Lipinski definition) is 4. The lowest BCUT2D eigenvalue weighted by molar-refractivity contribution is -0.151. The Bertz CT molecular complexity index is 1030. The number of carbonyl (C=O) groups is 1. The maximum Gasteiger partial charge on any atom is 0.306 e. The number of esters is 1. The van der Waals surface area contributed by atoms with E-state index in [0.29, 0.717) is 6.42 Å². The molecule has 4 nitrogen and oxygen atoms in total.